The molecule has 0 saturated carbocycles. The summed E-state index contributed by atoms with van der Waals surface area (Å²) in [6, 6.07) is 10.5. The van der Waals surface area contributed by atoms with E-state index in [1.165, 1.54) is 30.5 Å². The van der Waals surface area contributed by atoms with Gasteiger partial charge in [0.25, 0.3) is 0 Å². The van der Waals surface area contributed by atoms with Gasteiger partial charge in [0.05, 0.1) is 23.4 Å². The number of sulfonamides is 2. The molecular weight excluding hydrogens is 478 g/mol. The van der Waals surface area contributed by atoms with E-state index < -0.39 is 32.0 Å². The van der Waals surface area contributed by atoms with E-state index in [0.29, 0.717) is 11.4 Å². The van der Waals surface area contributed by atoms with Gasteiger partial charge in [0.2, 0.25) is 26.0 Å². The fourth-order valence-corrected chi connectivity index (χ4v) is 5.53. The molecule has 188 valence electrons. The zero-order valence-corrected chi connectivity index (χ0v) is 22.0. The number of nitrogens with one attached hydrogen (secondary N) is 1. The molecule has 2 rings (SSSR count). The smallest absolute Gasteiger partial charge is 0.244 e. The van der Waals surface area contributed by atoms with Crippen LogP contribution in [0.25, 0.3) is 0 Å². The van der Waals surface area contributed by atoms with Crippen molar-refractivity contribution in [3.05, 3.63) is 53.6 Å². The summed E-state index contributed by atoms with van der Waals surface area (Å²) in [5, 5.41) is 2.74. The summed E-state index contributed by atoms with van der Waals surface area (Å²) in [5.41, 5.74) is 2.13. The fraction of sp³-hybridized carbons (Fsp3) is 0.435. The van der Waals surface area contributed by atoms with Crippen molar-refractivity contribution in [2.24, 2.45) is 0 Å². The lowest BCUT2D eigenvalue weighted by atomic mass is 10.1. The van der Waals surface area contributed by atoms with Gasteiger partial charge in [0.15, 0.2) is 0 Å². The van der Waals surface area contributed by atoms with Crippen LogP contribution in [0.15, 0.2) is 47.4 Å². The van der Waals surface area contributed by atoms with Crippen molar-refractivity contribution in [2.45, 2.75) is 38.1 Å². The third-order valence-electron chi connectivity index (χ3n) is 5.20. The van der Waals surface area contributed by atoms with Crippen molar-refractivity contribution in [1.29, 1.82) is 0 Å². The van der Waals surface area contributed by atoms with E-state index in [2.05, 4.69) is 5.32 Å². The lowest BCUT2D eigenvalue weighted by Gasteiger charge is -2.31. The average Bonchev–Trinajstić information content (AvgIpc) is 2.76. The molecular formula is C23H33N3O6S2. The number of amides is 1. The minimum atomic E-state index is -3.72. The van der Waals surface area contributed by atoms with Crippen molar-refractivity contribution in [3.8, 4) is 5.75 Å². The van der Waals surface area contributed by atoms with E-state index in [0.717, 1.165) is 21.7 Å². The Labute approximate surface area is 202 Å². The first-order valence-electron chi connectivity index (χ1n) is 10.8. The largest absolute Gasteiger partial charge is 0.492 e. The van der Waals surface area contributed by atoms with Gasteiger partial charge < -0.3 is 10.1 Å². The summed E-state index contributed by atoms with van der Waals surface area (Å²) in [5.74, 6) is 0.0250. The number of aryl methyl sites for hydroxylation is 2. The number of carbonyl (C=O) groups is 1. The maximum absolute atomic E-state index is 12.9. The molecule has 0 fully saturated rings. The molecule has 0 radical (unpaired) electrons. The quantitative estimate of drug-likeness (QED) is 0.463. The maximum atomic E-state index is 12.9. The van der Waals surface area contributed by atoms with Crippen LogP contribution in [0, 0.1) is 13.8 Å². The van der Waals surface area contributed by atoms with Crippen LogP contribution < -0.4 is 14.4 Å². The molecule has 0 spiro atoms. The minimum absolute atomic E-state index is 0.129. The predicted octanol–water partition coefficient (Wildman–Crippen LogP) is 2.29. The second-order valence-electron chi connectivity index (χ2n) is 8.17. The Kier molecular flexibility index (Phi) is 9.09. The molecule has 0 unspecified atom stereocenters. The highest BCUT2D eigenvalue weighted by Gasteiger charge is 2.32. The third-order valence-corrected chi connectivity index (χ3v) is 8.20. The summed E-state index contributed by atoms with van der Waals surface area (Å²) in [6.45, 7) is 5.71. The normalized spacial score (nSPS) is 12.9. The van der Waals surface area contributed by atoms with Crippen molar-refractivity contribution in [1.82, 2.24) is 9.62 Å². The highest BCUT2D eigenvalue weighted by molar-refractivity contribution is 7.92. The molecule has 9 nitrogen and oxygen atoms in total. The van der Waals surface area contributed by atoms with Gasteiger partial charge in [0, 0.05) is 14.1 Å². The fourth-order valence-electron chi connectivity index (χ4n) is 3.37. The number of benzene rings is 2. The van der Waals surface area contributed by atoms with E-state index in [1.807, 2.05) is 19.1 Å². The van der Waals surface area contributed by atoms with Crippen LogP contribution in [0.1, 0.15) is 24.5 Å². The van der Waals surface area contributed by atoms with Crippen LogP contribution in [0.5, 0.6) is 5.75 Å². The Morgan fingerprint density at radius 2 is 1.65 bits per heavy atom. The summed E-state index contributed by atoms with van der Waals surface area (Å²) in [7, 11) is -4.33. The molecule has 1 amide bonds. The van der Waals surface area contributed by atoms with Crippen molar-refractivity contribution in [2.75, 3.05) is 37.8 Å². The SMILES string of the molecule is CC[C@@H](C(=O)NCCOc1ccc(S(=O)(=O)N(C)C)cc1)N(c1cc(C)ccc1C)S(C)(=O)=O. The lowest BCUT2D eigenvalue weighted by Crippen LogP contribution is -2.50. The van der Waals surface area contributed by atoms with Gasteiger partial charge in [-0.25, -0.2) is 21.1 Å². The molecule has 1 N–H and O–H groups in total. The molecule has 11 heteroatoms. The van der Waals surface area contributed by atoms with Crippen LogP contribution >= 0.6 is 0 Å². The monoisotopic (exact) mass is 511 g/mol. The second kappa shape index (κ2) is 11.2. The number of ether oxygens (including phenoxy) is 1. The van der Waals surface area contributed by atoms with Crippen LogP contribution in [-0.4, -0.2) is 66.6 Å². The first-order valence-corrected chi connectivity index (χ1v) is 14.1. The number of hydrogen-bond acceptors (Lipinski definition) is 6. The van der Waals surface area contributed by atoms with Crippen LogP contribution in [0.2, 0.25) is 0 Å². The highest BCUT2D eigenvalue weighted by Crippen LogP contribution is 2.27. The third kappa shape index (κ3) is 6.71. The molecule has 0 saturated heterocycles. The highest BCUT2D eigenvalue weighted by atomic mass is 32.2. The van der Waals surface area contributed by atoms with Gasteiger partial charge in [-0.05, 0) is 61.7 Å². The Morgan fingerprint density at radius 1 is 1.03 bits per heavy atom. The van der Waals surface area contributed by atoms with E-state index >= 15 is 0 Å². The molecule has 2 aromatic rings. The van der Waals surface area contributed by atoms with Crippen molar-refractivity contribution in [3.63, 3.8) is 0 Å². The molecule has 0 aliphatic carbocycles. The van der Waals surface area contributed by atoms with Gasteiger partial charge in [-0.1, -0.05) is 19.1 Å². The predicted molar refractivity (Wildman–Crippen MR) is 133 cm³/mol. The number of rotatable bonds is 11. The van der Waals surface area contributed by atoms with Gasteiger partial charge in [-0.15, -0.1) is 0 Å². The van der Waals surface area contributed by atoms with Gasteiger partial charge in [0.1, 0.15) is 18.4 Å². The second-order valence-corrected chi connectivity index (χ2v) is 12.2. The molecule has 2 aromatic carbocycles. The molecule has 0 bridgehead atoms. The molecule has 0 aliphatic heterocycles. The van der Waals surface area contributed by atoms with Crippen molar-refractivity contribution < 1.29 is 26.4 Å². The summed E-state index contributed by atoms with van der Waals surface area (Å²) >= 11 is 0. The minimum Gasteiger partial charge on any atom is -0.492 e. The lowest BCUT2D eigenvalue weighted by molar-refractivity contribution is -0.122. The van der Waals surface area contributed by atoms with E-state index in [1.54, 1.807) is 32.0 Å². The van der Waals surface area contributed by atoms with E-state index in [4.69, 9.17) is 4.74 Å². The Morgan fingerprint density at radius 3 is 2.18 bits per heavy atom. The van der Waals surface area contributed by atoms with E-state index in [-0.39, 0.29) is 24.5 Å². The number of nitrogens with zero attached hydrogens (tertiary/aromatic N) is 2. The first kappa shape index (κ1) is 27.6. The first-order chi connectivity index (χ1) is 15.8. The van der Waals surface area contributed by atoms with Gasteiger partial charge >= 0.3 is 0 Å². The number of carbonyl (C=O) groups excluding carboxylic acids is 1. The van der Waals surface area contributed by atoms with Gasteiger partial charge in [-0.2, -0.15) is 0 Å². The van der Waals surface area contributed by atoms with E-state index in [9.17, 15) is 21.6 Å². The number of hydrogen-bond donors (Lipinski definition) is 1. The Hall–Kier alpha value is -2.63. The summed E-state index contributed by atoms with van der Waals surface area (Å²) < 4.78 is 57.4. The summed E-state index contributed by atoms with van der Waals surface area (Å²) in [6.07, 6.45) is 1.38. The zero-order chi connectivity index (χ0) is 25.7. The molecule has 0 aromatic heterocycles. The molecule has 0 aliphatic rings. The number of anilines is 1. The molecule has 0 heterocycles. The average molecular weight is 512 g/mol. The Bertz CT molecular complexity index is 1210. The van der Waals surface area contributed by atoms with Gasteiger partial charge in [-0.3, -0.25) is 9.10 Å². The molecule has 34 heavy (non-hydrogen) atoms. The van der Waals surface area contributed by atoms with Crippen LogP contribution in [0.3, 0.4) is 0 Å². The Balaban J connectivity index is 2.05. The van der Waals surface area contributed by atoms with Crippen LogP contribution in [-0.2, 0) is 24.8 Å². The zero-order valence-electron chi connectivity index (χ0n) is 20.4. The maximum Gasteiger partial charge on any atom is 0.244 e. The summed E-state index contributed by atoms with van der Waals surface area (Å²) in [4.78, 5) is 13.1. The standard InChI is InChI=1S/C23H33N3O6S2/c1-7-21(26(33(6,28)29)22-16-17(2)8-9-18(22)3)23(27)24-14-15-32-19-10-12-20(13-11-19)34(30,31)25(4)5/h8-13,16,21H,7,14-15H2,1-6H3,(H,24,27)/t21-/m0/s1. The van der Waals surface area contributed by atoms with Crippen molar-refractivity contribution >= 4 is 31.6 Å². The molecule has 1 atom stereocenters. The van der Waals surface area contributed by atoms with Crippen LogP contribution in [0.4, 0.5) is 5.69 Å². The topological polar surface area (TPSA) is 113 Å².